The molecule has 1 aromatic rings. The van der Waals surface area contributed by atoms with Crippen LogP contribution in [0.15, 0.2) is 16.3 Å². The summed E-state index contributed by atoms with van der Waals surface area (Å²) in [5.41, 5.74) is 0. The molecule has 120 valence electrons. The van der Waals surface area contributed by atoms with Crippen LogP contribution in [0.25, 0.3) is 0 Å². The number of nitrogens with one attached hydrogen (secondary N) is 2. The maximum absolute atomic E-state index is 11.7. The normalized spacial score (nSPS) is 11.5. The first kappa shape index (κ1) is 18.1. The Morgan fingerprint density at radius 1 is 1.19 bits per heavy atom. The van der Waals surface area contributed by atoms with E-state index >= 15 is 0 Å². The van der Waals surface area contributed by atoms with E-state index in [0.717, 1.165) is 17.7 Å². The molecule has 0 saturated heterocycles. The quantitative estimate of drug-likeness (QED) is 0.647. The Balaban J connectivity index is 2.31. The fourth-order valence-electron chi connectivity index (χ4n) is 1.86. The Hall–Kier alpha value is -0.920. The Labute approximate surface area is 131 Å². The number of hydrogen-bond donors (Lipinski definition) is 2. The van der Waals surface area contributed by atoms with Crippen molar-refractivity contribution >= 4 is 27.3 Å². The second-order valence-corrected chi connectivity index (χ2v) is 8.15. The molecule has 5 nitrogen and oxygen atoms in total. The van der Waals surface area contributed by atoms with E-state index in [9.17, 15) is 13.2 Å². The topological polar surface area (TPSA) is 75.3 Å². The lowest BCUT2D eigenvalue weighted by Gasteiger charge is -2.03. The molecule has 0 aliphatic carbocycles. The fourth-order valence-corrected chi connectivity index (χ4v) is 3.99. The number of carbonyl (C=O) groups excluding carboxylic acids is 1. The van der Waals surface area contributed by atoms with Gasteiger partial charge in [0.05, 0.1) is 6.54 Å². The maximum atomic E-state index is 11.7. The minimum atomic E-state index is -3.38. The van der Waals surface area contributed by atoms with E-state index in [1.165, 1.54) is 37.6 Å². The van der Waals surface area contributed by atoms with Crippen LogP contribution < -0.4 is 10.0 Å². The number of amides is 1. The van der Waals surface area contributed by atoms with Crippen molar-refractivity contribution in [2.45, 2.75) is 56.2 Å². The van der Waals surface area contributed by atoms with Crippen molar-refractivity contribution < 1.29 is 13.2 Å². The van der Waals surface area contributed by atoms with Crippen LogP contribution in [0.5, 0.6) is 0 Å². The zero-order valence-electron chi connectivity index (χ0n) is 12.6. The zero-order valence-corrected chi connectivity index (χ0v) is 14.3. The molecular formula is C14H24N2O3S2. The summed E-state index contributed by atoms with van der Waals surface area (Å²) in [5, 5.41) is 2.83. The molecule has 1 aromatic heterocycles. The molecule has 0 atom stereocenters. The second kappa shape index (κ2) is 9.17. The third kappa shape index (κ3) is 6.58. The molecule has 0 aliphatic rings. The first-order valence-corrected chi connectivity index (χ1v) is 9.58. The molecule has 1 heterocycles. The van der Waals surface area contributed by atoms with Gasteiger partial charge in [-0.2, -0.15) is 0 Å². The number of hydrogen-bond acceptors (Lipinski definition) is 4. The average Bonchev–Trinajstić information content (AvgIpc) is 2.94. The highest BCUT2D eigenvalue weighted by Crippen LogP contribution is 2.21. The zero-order chi connectivity index (χ0) is 15.7. The van der Waals surface area contributed by atoms with Crippen LogP contribution in [0.2, 0.25) is 0 Å². The van der Waals surface area contributed by atoms with Crippen LogP contribution >= 0.6 is 11.3 Å². The van der Waals surface area contributed by atoms with Gasteiger partial charge in [-0.05, 0) is 25.6 Å². The van der Waals surface area contributed by atoms with Crippen LogP contribution in [0.3, 0.4) is 0 Å². The molecule has 1 rings (SSSR count). The Bertz CT molecular complexity index is 538. The molecule has 2 N–H and O–H groups in total. The second-order valence-electron chi connectivity index (χ2n) is 4.87. The van der Waals surface area contributed by atoms with E-state index in [1.54, 1.807) is 12.1 Å². The van der Waals surface area contributed by atoms with Crippen LogP contribution in [-0.4, -0.2) is 21.4 Å². The summed E-state index contributed by atoms with van der Waals surface area (Å²) in [7, 11) is -2.00. The molecule has 21 heavy (non-hydrogen) atoms. The fraction of sp³-hybridized carbons (Fsp3) is 0.643. The van der Waals surface area contributed by atoms with Gasteiger partial charge in [0.15, 0.2) is 0 Å². The lowest BCUT2D eigenvalue weighted by Crippen LogP contribution is -2.21. The van der Waals surface area contributed by atoms with Gasteiger partial charge in [0, 0.05) is 11.3 Å². The number of rotatable bonds is 10. The van der Waals surface area contributed by atoms with Crippen molar-refractivity contribution in [3.05, 3.63) is 17.0 Å². The lowest BCUT2D eigenvalue weighted by atomic mass is 10.1. The molecule has 0 aliphatic heterocycles. The highest BCUT2D eigenvalue weighted by molar-refractivity contribution is 7.91. The van der Waals surface area contributed by atoms with Crippen molar-refractivity contribution in [2.24, 2.45) is 0 Å². The predicted molar refractivity (Wildman–Crippen MR) is 85.8 cm³/mol. The molecule has 0 saturated carbocycles. The van der Waals surface area contributed by atoms with Crippen LogP contribution in [0.1, 0.15) is 50.3 Å². The summed E-state index contributed by atoms with van der Waals surface area (Å²) in [6.45, 7) is 2.55. The molecular weight excluding hydrogens is 308 g/mol. The van der Waals surface area contributed by atoms with Crippen molar-refractivity contribution in [2.75, 3.05) is 7.05 Å². The van der Waals surface area contributed by atoms with E-state index in [1.807, 2.05) is 0 Å². The molecule has 0 radical (unpaired) electrons. The highest BCUT2D eigenvalue weighted by Gasteiger charge is 2.14. The van der Waals surface area contributed by atoms with Gasteiger partial charge in [0.2, 0.25) is 15.9 Å². The van der Waals surface area contributed by atoms with Crippen LogP contribution in [0, 0.1) is 0 Å². The van der Waals surface area contributed by atoms with Gasteiger partial charge in [-0.25, -0.2) is 13.1 Å². The van der Waals surface area contributed by atoms with Crippen molar-refractivity contribution in [1.29, 1.82) is 0 Å². The first-order chi connectivity index (χ1) is 9.99. The Morgan fingerprint density at radius 3 is 2.57 bits per heavy atom. The summed E-state index contributed by atoms with van der Waals surface area (Å²) >= 11 is 1.18. The molecule has 0 spiro atoms. The average molecular weight is 332 g/mol. The minimum Gasteiger partial charge on any atom is -0.351 e. The molecule has 0 aromatic carbocycles. The predicted octanol–water partition coefficient (Wildman–Crippen LogP) is 2.63. The van der Waals surface area contributed by atoms with Crippen molar-refractivity contribution in [3.63, 3.8) is 0 Å². The van der Waals surface area contributed by atoms with Crippen molar-refractivity contribution in [1.82, 2.24) is 10.0 Å². The van der Waals surface area contributed by atoms with Gasteiger partial charge in [-0.15, -0.1) is 11.3 Å². The van der Waals surface area contributed by atoms with Gasteiger partial charge in [0.25, 0.3) is 0 Å². The maximum Gasteiger partial charge on any atom is 0.249 e. The molecule has 0 bridgehead atoms. The summed E-state index contributed by atoms with van der Waals surface area (Å²) in [4.78, 5) is 12.5. The summed E-state index contributed by atoms with van der Waals surface area (Å²) < 4.78 is 25.7. The molecule has 1 amide bonds. The third-order valence-electron chi connectivity index (χ3n) is 3.14. The van der Waals surface area contributed by atoms with Gasteiger partial charge < -0.3 is 5.32 Å². The highest BCUT2D eigenvalue weighted by atomic mass is 32.2. The third-order valence-corrected chi connectivity index (χ3v) is 6.13. The van der Waals surface area contributed by atoms with E-state index in [2.05, 4.69) is 17.0 Å². The summed E-state index contributed by atoms with van der Waals surface area (Å²) in [6.07, 6.45) is 6.14. The first-order valence-electron chi connectivity index (χ1n) is 7.28. The molecule has 7 heteroatoms. The lowest BCUT2D eigenvalue weighted by molar-refractivity contribution is -0.121. The van der Waals surface area contributed by atoms with E-state index in [0.29, 0.717) is 13.0 Å². The Morgan fingerprint density at radius 2 is 1.90 bits per heavy atom. The molecule has 0 fully saturated rings. The molecule has 0 unspecified atom stereocenters. The summed E-state index contributed by atoms with van der Waals surface area (Å²) in [6, 6.07) is 3.29. The van der Waals surface area contributed by atoms with E-state index < -0.39 is 10.0 Å². The largest absolute Gasteiger partial charge is 0.351 e. The number of carbonyl (C=O) groups is 1. The number of thiophene rings is 1. The standard InChI is InChI=1S/C14H24N2O3S2/c1-3-4-5-6-7-8-13(17)16-11-12-9-10-14(20-12)21(18,19)15-2/h9-10,15H,3-8,11H2,1-2H3,(H,16,17). The smallest absolute Gasteiger partial charge is 0.249 e. The Kier molecular flexibility index (Phi) is 7.92. The van der Waals surface area contributed by atoms with E-state index in [4.69, 9.17) is 0 Å². The van der Waals surface area contributed by atoms with Gasteiger partial charge >= 0.3 is 0 Å². The van der Waals surface area contributed by atoms with Crippen molar-refractivity contribution in [3.8, 4) is 0 Å². The van der Waals surface area contributed by atoms with Crippen LogP contribution in [-0.2, 0) is 21.4 Å². The van der Waals surface area contributed by atoms with Gasteiger partial charge in [-0.3, -0.25) is 4.79 Å². The SMILES string of the molecule is CCCCCCCC(=O)NCc1ccc(S(=O)(=O)NC)s1. The number of sulfonamides is 1. The minimum absolute atomic E-state index is 0.0259. The van der Waals surface area contributed by atoms with Gasteiger partial charge in [0.1, 0.15) is 4.21 Å². The monoisotopic (exact) mass is 332 g/mol. The summed E-state index contributed by atoms with van der Waals surface area (Å²) in [5.74, 6) is 0.0259. The number of unbranched alkanes of at least 4 members (excludes halogenated alkanes) is 4. The van der Waals surface area contributed by atoms with Crippen LogP contribution in [0.4, 0.5) is 0 Å². The van der Waals surface area contributed by atoms with Gasteiger partial charge in [-0.1, -0.05) is 32.6 Å². The van der Waals surface area contributed by atoms with E-state index in [-0.39, 0.29) is 10.1 Å².